The zero-order valence-corrected chi connectivity index (χ0v) is 20.6. The van der Waals surface area contributed by atoms with Gasteiger partial charge in [0.05, 0.1) is 25.6 Å². The lowest BCUT2D eigenvalue weighted by Gasteiger charge is -2.26. The Hall–Kier alpha value is -3.99. The van der Waals surface area contributed by atoms with Crippen LogP contribution in [0.3, 0.4) is 0 Å². The van der Waals surface area contributed by atoms with E-state index in [1.54, 1.807) is 13.8 Å². The molecule has 37 heavy (non-hydrogen) atoms. The van der Waals surface area contributed by atoms with E-state index in [-0.39, 0.29) is 25.3 Å². The van der Waals surface area contributed by atoms with E-state index in [4.69, 9.17) is 22.3 Å². The summed E-state index contributed by atoms with van der Waals surface area (Å²) in [5, 5.41) is 36.5. The Morgan fingerprint density at radius 3 is 2.00 bits per heavy atom. The van der Waals surface area contributed by atoms with Crippen LogP contribution in [0, 0.1) is 5.92 Å². The summed E-state index contributed by atoms with van der Waals surface area (Å²) in [7, 11) is 0. The maximum absolute atomic E-state index is 12.7. The number of amides is 4. The number of hydrogen-bond acceptors (Lipinski definition) is 9. The molecule has 210 valence electrons. The third kappa shape index (κ3) is 13.6. The third-order valence-electron chi connectivity index (χ3n) is 4.80. The van der Waals surface area contributed by atoms with Gasteiger partial charge < -0.3 is 53.8 Å². The first kappa shape index (κ1) is 33.0. The Labute approximate surface area is 212 Å². The fraction of sp³-hybridized carbons (Fsp3) is 0.650. The van der Waals surface area contributed by atoms with Crippen molar-refractivity contribution < 1.29 is 44.1 Å². The van der Waals surface area contributed by atoms with E-state index in [9.17, 15) is 39.0 Å². The van der Waals surface area contributed by atoms with Crippen molar-refractivity contribution in [3.8, 4) is 0 Å². The number of aliphatic imine (C=N–C) groups is 1. The molecule has 0 bridgehead atoms. The molecule has 0 heterocycles. The second kappa shape index (κ2) is 16.6. The van der Waals surface area contributed by atoms with Gasteiger partial charge in [-0.2, -0.15) is 0 Å². The Kier molecular flexibility index (Phi) is 14.8. The van der Waals surface area contributed by atoms with Crippen LogP contribution in [0.1, 0.15) is 33.1 Å². The minimum absolute atomic E-state index is 0.00772. The van der Waals surface area contributed by atoms with Gasteiger partial charge in [-0.05, 0) is 18.8 Å². The highest BCUT2D eigenvalue weighted by atomic mass is 16.4. The van der Waals surface area contributed by atoms with E-state index < -0.39 is 85.2 Å². The van der Waals surface area contributed by atoms with Gasteiger partial charge in [-0.15, -0.1) is 0 Å². The van der Waals surface area contributed by atoms with Gasteiger partial charge in [0.2, 0.25) is 23.6 Å². The SMILES string of the molecule is CC(C)[C@H](NC(=O)[C@H](CO)NC(=O)CNC(=O)[C@@H](N)CC(=O)O)C(=O)N[C@@H](CCCN=C(N)N)C(=O)O. The number of carboxylic acids is 2. The van der Waals surface area contributed by atoms with Crippen LogP contribution >= 0.6 is 0 Å². The van der Waals surface area contributed by atoms with Crippen molar-refractivity contribution in [1.82, 2.24) is 21.3 Å². The van der Waals surface area contributed by atoms with Crippen LogP contribution < -0.4 is 38.5 Å². The summed E-state index contributed by atoms with van der Waals surface area (Å²) in [6, 6.07) is -5.41. The Balaban J connectivity index is 5.05. The summed E-state index contributed by atoms with van der Waals surface area (Å²) in [6.07, 6.45) is -0.398. The summed E-state index contributed by atoms with van der Waals surface area (Å²) in [4.78, 5) is 74.9. The lowest BCUT2D eigenvalue weighted by Crippen LogP contribution is -2.58. The van der Waals surface area contributed by atoms with Gasteiger partial charge in [-0.25, -0.2) is 4.79 Å². The largest absolute Gasteiger partial charge is 0.481 e. The number of aliphatic hydroxyl groups is 1. The van der Waals surface area contributed by atoms with Crippen LogP contribution in [-0.4, -0.2) is 101 Å². The lowest BCUT2D eigenvalue weighted by molar-refractivity contribution is -0.143. The predicted octanol–water partition coefficient (Wildman–Crippen LogP) is -4.85. The second-order valence-electron chi connectivity index (χ2n) is 8.30. The monoisotopic (exact) mass is 532 g/mol. The molecular formula is C20H36N8O9. The summed E-state index contributed by atoms with van der Waals surface area (Å²) < 4.78 is 0. The van der Waals surface area contributed by atoms with Crippen molar-refractivity contribution in [2.45, 2.75) is 57.3 Å². The molecule has 0 aromatic carbocycles. The molecule has 4 atom stereocenters. The van der Waals surface area contributed by atoms with Gasteiger partial charge >= 0.3 is 11.9 Å². The van der Waals surface area contributed by atoms with Crippen molar-refractivity contribution in [3.63, 3.8) is 0 Å². The molecular weight excluding hydrogens is 496 g/mol. The number of carboxylic acid groups (broad SMARTS) is 2. The van der Waals surface area contributed by atoms with E-state index in [2.05, 4.69) is 26.3 Å². The molecule has 0 spiro atoms. The van der Waals surface area contributed by atoms with E-state index in [0.717, 1.165) is 0 Å². The van der Waals surface area contributed by atoms with Gasteiger partial charge in [0.15, 0.2) is 5.96 Å². The summed E-state index contributed by atoms with van der Waals surface area (Å²) in [5.74, 6) is -6.85. The normalized spacial score (nSPS) is 13.9. The molecule has 17 nitrogen and oxygen atoms in total. The topological polar surface area (TPSA) is 302 Å². The van der Waals surface area contributed by atoms with E-state index in [1.165, 1.54) is 0 Å². The maximum Gasteiger partial charge on any atom is 0.326 e. The number of nitrogens with one attached hydrogen (secondary N) is 4. The molecule has 0 aliphatic carbocycles. The number of guanidine groups is 1. The number of hydrogen-bond donors (Lipinski definition) is 10. The average Bonchev–Trinajstić information content (AvgIpc) is 2.79. The lowest BCUT2D eigenvalue weighted by atomic mass is 10.0. The number of nitrogens with two attached hydrogens (primary N) is 3. The number of aliphatic carboxylic acids is 2. The van der Waals surface area contributed by atoms with Crippen LogP contribution in [0.15, 0.2) is 4.99 Å². The number of nitrogens with zero attached hydrogens (tertiary/aromatic N) is 1. The Morgan fingerprint density at radius 2 is 1.51 bits per heavy atom. The van der Waals surface area contributed by atoms with Gasteiger partial charge in [0.1, 0.15) is 18.1 Å². The average molecular weight is 533 g/mol. The molecule has 17 heteroatoms. The highest BCUT2D eigenvalue weighted by molar-refractivity contribution is 5.94. The zero-order valence-electron chi connectivity index (χ0n) is 20.6. The van der Waals surface area contributed by atoms with Crippen molar-refractivity contribution in [2.24, 2.45) is 28.1 Å². The minimum atomic E-state index is -1.51. The predicted molar refractivity (Wildman–Crippen MR) is 129 cm³/mol. The molecule has 0 radical (unpaired) electrons. The van der Waals surface area contributed by atoms with Crippen molar-refractivity contribution in [1.29, 1.82) is 0 Å². The number of carbonyl (C=O) groups is 6. The molecule has 0 unspecified atom stereocenters. The highest BCUT2D eigenvalue weighted by Crippen LogP contribution is 2.06. The summed E-state index contributed by atoms with van der Waals surface area (Å²) in [6.45, 7) is 1.79. The van der Waals surface area contributed by atoms with Gasteiger partial charge in [-0.3, -0.25) is 29.0 Å². The van der Waals surface area contributed by atoms with Crippen LogP contribution in [0.4, 0.5) is 0 Å². The van der Waals surface area contributed by atoms with Crippen LogP contribution in [-0.2, 0) is 28.8 Å². The molecule has 0 aliphatic heterocycles. The molecule has 0 saturated heterocycles. The van der Waals surface area contributed by atoms with Gasteiger partial charge in [0, 0.05) is 6.54 Å². The molecule has 4 amide bonds. The van der Waals surface area contributed by atoms with Crippen LogP contribution in [0.2, 0.25) is 0 Å². The Morgan fingerprint density at radius 1 is 0.892 bits per heavy atom. The molecule has 0 saturated carbocycles. The quantitative estimate of drug-likeness (QED) is 0.0479. The van der Waals surface area contributed by atoms with Crippen molar-refractivity contribution in [2.75, 3.05) is 19.7 Å². The van der Waals surface area contributed by atoms with Crippen molar-refractivity contribution in [3.05, 3.63) is 0 Å². The molecule has 0 fully saturated rings. The van der Waals surface area contributed by atoms with Crippen LogP contribution in [0.25, 0.3) is 0 Å². The molecule has 0 aromatic heterocycles. The summed E-state index contributed by atoms with van der Waals surface area (Å²) >= 11 is 0. The van der Waals surface area contributed by atoms with Crippen molar-refractivity contribution >= 4 is 41.5 Å². The highest BCUT2D eigenvalue weighted by Gasteiger charge is 2.31. The molecule has 0 rings (SSSR count). The number of carbonyl (C=O) groups excluding carboxylic acids is 4. The first-order valence-corrected chi connectivity index (χ1v) is 11.2. The molecule has 0 aliphatic rings. The maximum atomic E-state index is 12.7. The number of aliphatic hydroxyl groups excluding tert-OH is 1. The molecule has 13 N–H and O–H groups in total. The fourth-order valence-electron chi connectivity index (χ4n) is 2.83. The van der Waals surface area contributed by atoms with Gasteiger partial charge in [-0.1, -0.05) is 13.8 Å². The molecule has 0 aromatic rings. The fourth-order valence-corrected chi connectivity index (χ4v) is 2.83. The number of rotatable bonds is 17. The van der Waals surface area contributed by atoms with Crippen LogP contribution in [0.5, 0.6) is 0 Å². The van der Waals surface area contributed by atoms with E-state index >= 15 is 0 Å². The zero-order chi connectivity index (χ0) is 28.7. The first-order valence-electron chi connectivity index (χ1n) is 11.2. The smallest absolute Gasteiger partial charge is 0.326 e. The Bertz CT molecular complexity index is 861. The second-order valence-corrected chi connectivity index (χ2v) is 8.30. The first-order chi connectivity index (χ1) is 17.2. The van der Waals surface area contributed by atoms with E-state index in [0.29, 0.717) is 0 Å². The van der Waals surface area contributed by atoms with E-state index in [1.807, 2.05) is 0 Å². The third-order valence-corrected chi connectivity index (χ3v) is 4.80. The minimum Gasteiger partial charge on any atom is -0.481 e. The van der Waals surface area contributed by atoms with Gasteiger partial charge in [0.25, 0.3) is 0 Å². The summed E-state index contributed by atoms with van der Waals surface area (Å²) in [5.41, 5.74) is 15.8. The standard InChI is InChI=1S/C20H36N8O9/c1-9(2)15(18(35)27-11(19(36)37)4-3-5-24-20(22)23)28-17(34)12(8-29)26-13(30)7-25-16(33)10(21)6-14(31)32/h9-12,15,29H,3-8,21H2,1-2H3,(H,25,33)(H,26,30)(H,27,35)(H,28,34)(H,31,32)(H,36,37)(H4,22,23,24)/t10-,11-,12-,15-/m0/s1.